The third-order valence-electron chi connectivity index (χ3n) is 2.94. The van der Waals surface area contributed by atoms with Gasteiger partial charge in [-0.3, -0.25) is 4.79 Å². The van der Waals surface area contributed by atoms with E-state index in [2.05, 4.69) is 10.6 Å². The minimum atomic E-state index is -0.692. The monoisotopic (exact) mass is 268 g/mol. The Labute approximate surface area is 113 Å². The number of benzene rings is 1. The van der Waals surface area contributed by atoms with Crippen molar-refractivity contribution in [1.82, 2.24) is 10.6 Å². The van der Waals surface area contributed by atoms with E-state index in [-0.39, 0.29) is 17.8 Å². The van der Waals surface area contributed by atoms with Gasteiger partial charge in [0, 0.05) is 26.1 Å². The normalized spacial score (nSPS) is 13.9. The van der Waals surface area contributed by atoms with E-state index >= 15 is 0 Å². The lowest BCUT2D eigenvalue weighted by molar-refractivity contribution is -0.118. The lowest BCUT2D eigenvalue weighted by Crippen LogP contribution is -2.39. The van der Waals surface area contributed by atoms with Gasteiger partial charge in [-0.15, -0.1) is 0 Å². The number of hydrogen-bond donors (Lipinski definition) is 3. The summed E-state index contributed by atoms with van der Waals surface area (Å²) >= 11 is 0. The van der Waals surface area contributed by atoms with Crippen LogP contribution in [0.2, 0.25) is 0 Å². The van der Waals surface area contributed by atoms with Gasteiger partial charge in [-0.1, -0.05) is 19.1 Å². The van der Waals surface area contributed by atoms with E-state index in [1.54, 1.807) is 12.1 Å². The number of carbonyl (C=O) groups is 1. The van der Waals surface area contributed by atoms with E-state index in [0.717, 1.165) is 6.42 Å². The first-order chi connectivity index (χ1) is 9.04. The van der Waals surface area contributed by atoms with Crippen LogP contribution in [0, 0.1) is 5.82 Å². The lowest BCUT2D eigenvalue weighted by Gasteiger charge is -2.23. The summed E-state index contributed by atoms with van der Waals surface area (Å²) in [6.07, 6.45) is 0.0430. The van der Waals surface area contributed by atoms with Crippen LogP contribution in [0.25, 0.3) is 0 Å². The van der Waals surface area contributed by atoms with Crippen molar-refractivity contribution in [3.63, 3.8) is 0 Å². The fraction of sp³-hybridized carbons (Fsp3) is 0.500. The topological polar surface area (TPSA) is 61.4 Å². The molecule has 0 spiro atoms. The average Bonchev–Trinajstić information content (AvgIpc) is 2.39. The number of nitrogens with one attached hydrogen (secondary N) is 2. The van der Waals surface area contributed by atoms with Crippen LogP contribution >= 0.6 is 0 Å². The first kappa shape index (κ1) is 15.6. The molecule has 1 aromatic rings. The van der Waals surface area contributed by atoms with E-state index < -0.39 is 6.10 Å². The van der Waals surface area contributed by atoms with Crippen LogP contribution in [0.1, 0.15) is 31.9 Å². The molecule has 0 aliphatic rings. The zero-order valence-electron chi connectivity index (χ0n) is 11.3. The van der Waals surface area contributed by atoms with E-state index in [9.17, 15) is 14.3 Å². The Morgan fingerprint density at radius 1 is 1.32 bits per heavy atom. The van der Waals surface area contributed by atoms with E-state index in [1.165, 1.54) is 19.1 Å². The fourth-order valence-electron chi connectivity index (χ4n) is 1.87. The van der Waals surface area contributed by atoms with Crippen molar-refractivity contribution in [2.24, 2.45) is 0 Å². The molecule has 3 N–H and O–H groups in total. The highest BCUT2D eigenvalue weighted by Crippen LogP contribution is 2.19. The maximum absolute atomic E-state index is 12.8. The Kier molecular flexibility index (Phi) is 6.45. The van der Waals surface area contributed by atoms with Gasteiger partial charge in [0.05, 0.1) is 6.10 Å². The van der Waals surface area contributed by atoms with Crippen LogP contribution in [0.5, 0.6) is 0 Å². The molecule has 0 heterocycles. The van der Waals surface area contributed by atoms with Gasteiger partial charge >= 0.3 is 0 Å². The Morgan fingerprint density at radius 3 is 2.47 bits per heavy atom. The van der Waals surface area contributed by atoms with Crippen LogP contribution < -0.4 is 10.6 Å². The molecule has 0 aliphatic heterocycles. The molecule has 106 valence electrons. The summed E-state index contributed by atoms with van der Waals surface area (Å²) < 4.78 is 12.8. The van der Waals surface area contributed by atoms with Crippen molar-refractivity contribution in [3.8, 4) is 0 Å². The van der Waals surface area contributed by atoms with Crippen molar-refractivity contribution >= 4 is 5.91 Å². The zero-order valence-corrected chi connectivity index (χ0v) is 11.3. The Bertz CT molecular complexity index is 395. The molecule has 4 nitrogen and oxygen atoms in total. The van der Waals surface area contributed by atoms with Gasteiger partial charge < -0.3 is 15.7 Å². The molecular weight excluding hydrogens is 247 g/mol. The van der Waals surface area contributed by atoms with Crippen LogP contribution in [0.3, 0.4) is 0 Å². The third-order valence-corrected chi connectivity index (χ3v) is 2.94. The Hall–Kier alpha value is -1.46. The Morgan fingerprint density at radius 2 is 1.95 bits per heavy atom. The molecule has 5 heteroatoms. The maximum Gasteiger partial charge on any atom is 0.216 e. The maximum atomic E-state index is 12.8. The van der Waals surface area contributed by atoms with Gasteiger partial charge in [0.15, 0.2) is 0 Å². The molecule has 0 fully saturated rings. The molecule has 1 aromatic carbocycles. The van der Waals surface area contributed by atoms with Crippen LogP contribution in [-0.2, 0) is 4.79 Å². The van der Waals surface area contributed by atoms with E-state index in [4.69, 9.17) is 0 Å². The highest BCUT2D eigenvalue weighted by Gasteiger charge is 2.18. The smallest absolute Gasteiger partial charge is 0.216 e. The molecule has 0 saturated heterocycles. The molecule has 0 bridgehead atoms. The molecule has 0 aromatic heterocycles. The molecular formula is C14H21FN2O2. The number of amides is 1. The molecule has 1 amide bonds. The summed E-state index contributed by atoms with van der Waals surface area (Å²) in [5.41, 5.74) is 0.681. The third kappa shape index (κ3) is 5.36. The van der Waals surface area contributed by atoms with Gasteiger partial charge in [-0.05, 0) is 24.1 Å². The standard InChI is InChI=1S/C14H21FN2O2/c1-3-13(17-9-8-16-10(2)18)14(19)11-4-6-12(15)7-5-11/h4-7,13-14,17,19H,3,8-9H2,1-2H3,(H,16,18). The van der Waals surface area contributed by atoms with Gasteiger partial charge in [0.2, 0.25) is 5.91 Å². The molecule has 0 saturated carbocycles. The summed E-state index contributed by atoms with van der Waals surface area (Å²) in [5.74, 6) is -0.392. The molecule has 0 radical (unpaired) electrons. The quantitative estimate of drug-likeness (QED) is 0.654. The predicted molar refractivity (Wildman–Crippen MR) is 72.1 cm³/mol. The zero-order chi connectivity index (χ0) is 14.3. The molecule has 19 heavy (non-hydrogen) atoms. The van der Waals surface area contributed by atoms with E-state index in [1.807, 2.05) is 6.92 Å². The largest absolute Gasteiger partial charge is 0.387 e. The van der Waals surface area contributed by atoms with Crippen molar-refractivity contribution in [3.05, 3.63) is 35.6 Å². The average molecular weight is 268 g/mol. The summed E-state index contributed by atoms with van der Waals surface area (Å²) in [7, 11) is 0. The van der Waals surface area contributed by atoms with Crippen LogP contribution in [0.4, 0.5) is 4.39 Å². The van der Waals surface area contributed by atoms with Gasteiger partial charge in [0.25, 0.3) is 0 Å². The molecule has 2 unspecified atom stereocenters. The van der Waals surface area contributed by atoms with Crippen molar-refractivity contribution in [1.29, 1.82) is 0 Å². The van der Waals surface area contributed by atoms with Crippen molar-refractivity contribution in [2.45, 2.75) is 32.4 Å². The van der Waals surface area contributed by atoms with Crippen LogP contribution in [-0.4, -0.2) is 30.1 Å². The number of rotatable bonds is 7. The van der Waals surface area contributed by atoms with Crippen molar-refractivity contribution < 1.29 is 14.3 Å². The van der Waals surface area contributed by atoms with Gasteiger partial charge in [-0.2, -0.15) is 0 Å². The highest BCUT2D eigenvalue weighted by molar-refractivity contribution is 5.72. The molecule has 1 rings (SSSR count). The molecule has 0 aliphatic carbocycles. The van der Waals surface area contributed by atoms with Gasteiger partial charge in [0.1, 0.15) is 5.82 Å². The van der Waals surface area contributed by atoms with E-state index in [0.29, 0.717) is 18.7 Å². The SMILES string of the molecule is CCC(NCCNC(C)=O)C(O)c1ccc(F)cc1. The summed E-state index contributed by atoms with van der Waals surface area (Å²) in [4.78, 5) is 10.7. The first-order valence-electron chi connectivity index (χ1n) is 6.46. The minimum Gasteiger partial charge on any atom is -0.387 e. The summed E-state index contributed by atoms with van der Waals surface area (Å²) in [5, 5.41) is 16.1. The second kappa shape index (κ2) is 7.86. The second-order valence-electron chi connectivity index (χ2n) is 4.45. The number of halogens is 1. The molecule has 2 atom stereocenters. The number of aliphatic hydroxyl groups excluding tert-OH is 1. The lowest BCUT2D eigenvalue weighted by atomic mass is 10.0. The Balaban J connectivity index is 2.49. The highest BCUT2D eigenvalue weighted by atomic mass is 19.1. The number of carbonyl (C=O) groups excluding carboxylic acids is 1. The minimum absolute atomic E-state index is 0.0751. The van der Waals surface area contributed by atoms with Crippen LogP contribution in [0.15, 0.2) is 24.3 Å². The second-order valence-corrected chi connectivity index (χ2v) is 4.45. The van der Waals surface area contributed by atoms with Crippen molar-refractivity contribution in [2.75, 3.05) is 13.1 Å². The summed E-state index contributed by atoms with van der Waals surface area (Å²) in [6, 6.07) is 5.71. The number of hydrogen-bond acceptors (Lipinski definition) is 3. The predicted octanol–water partition coefficient (Wildman–Crippen LogP) is 1.36. The van der Waals surface area contributed by atoms with Gasteiger partial charge in [-0.25, -0.2) is 4.39 Å². The first-order valence-corrected chi connectivity index (χ1v) is 6.46. The fourth-order valence-corrected chi connectivity index (χ4v) is 1.87. The number of aliphatic hydroxyl groups is 1. The summed E-state index contributed by atoms with van der Waals surface area (Å²) in [6.45, 7) is 4.52.